The van der Waals surface area contributed by atoms with E-state index in [4.69, 9.17) is 0 Å². The molecule has 0 radical (unpaired) electrons. The Hall–Kier alpha value is -2.21. The number of hydrogen-bond acceptors (Lipinski definition) is 4. The zero-order valence-electron chi connectivity index (χ0n) is 12.8. The second-order valence-electron chi connectivity index (χ2n) is 6.08. The van der Waals surface area contributed by atoms with E-state index in [2.05, 4.69) is 39.9 Å². The summed E-state index contributed by atoms with van der Waals surface area (Å²) in [4.78, 5) is 12.7. The van der Waals surface area contributed by atoms with E-state index in [-0.39, 0.29) is 24.0 Å². The van der Waals surface area contributed by atoms with Gasteiger partial charge in [-0.1, -0.05) is 54.6 Å². The summed E-state index contributed by atoms with van der Waals surface area (Å²) in [5.74, 6) is 0.0121. The van der Waals surface area contributed by atoms with Gasteiger partial charge in [0.2, 0.25) is 5.91 Å². The summed E-state index contributed by atoms with van der Waals surface area (Å²) in [7, 11) is 0. The molecule has 1 heterocycles. The van der Waals surface area contributed by atoms with Crippen LogP contribution in [0.2, 0.25) is 0 Å². The van der Waals surface area contributed by atoms with E-state index in [1.54, 1.807) is 0 Å². The average Bonchev–Trinajstić information content (AvgIpc) is 3.23. The first-order chi connectivity index (χ1) is 11.3. The molecule has 2 aromatic carbocycles. The molecule has 1 saturated heterocycles. The highest BCUT2D eigenvalue weighted by atomic mass is 16.2. The molecule has 1 aliphatic heterocycles. The number of rotatable bonds is 3. The molecule has 4 N–H and O–H groups in total. The smallest absolute Gasteiger partial charge is 0.241 e. The molecule has 3 atom stereocenters. The van der Waals surface area contributed by atoms with Gasteiger partial charge in [0.15, 0.2) is 0 Å². The van der Waals surface area contributed by atoms with Crippen LogP contribution in [0.1, 0.15) is 35.2 Å². The Balaban J connectivity index is 1.49. The Morgan fingerprint density at radius 3 is 2.65 bits per heavy atom. The molecule has 2 aliphatic rings. The first kappa shape index (κ1) is 14.4. The average molecular weight is 308 g/mol. The van der Waals surface area contributed by atoms with Crippen molar-refractivity contribution in [1.29, 1.82) is 0 Å². The van der Waals surface area contributed by atoms with Crippen molar-refractivity contribution in [3.63, 3.8) is 0 Å². The van der Waals surface area contributed by atoms with Crippen LogP contribution in [-0.2, 0) is 11.2 Å². The van der Waals surface area contributed by atoms with Gasteiger partial charge in [-0.3, -0.25) is 4.79 Å². The van der Waals surface area contributed by atoms with E-state index < -0.39 is 0 Å². The van der Waals surface area contributed by atoms with Gasteiger partial charge in [0.1, 0.15) is 6.04 Å². The fourth-order valence-electron chi connectivity index (χ4n) is 3.49. The first-order valence-corrected chi connectivity index (χ1v) is 8.02. The van der Waals surface area contributed by atoms with Crippen molar-refractivity contribution in [3.05, 3.63) is 71.3 Å². The number of aryl methyl sites for hydroxylation is 1. The minimum atomic E-state index is -0.342. The molecule has 0 bridgehead atoms. The number of fused-ring (bicyclic) bond motifs is 1. The minimum absolute atomic E-state index is 0.0121. The molecule has 118 valence electrons. The number of carbonyl (C=O) groups is 1. The molecule has 0 aromatic heterocycles. The van der Waals surface area contributed by atoms with Crippen molar-refractivity contribution in [2.45, 2.75) is 31.0 Å². The number of hydrogen-bond donors (Lipinski definition) is 4. The molecule has 1 aliphatic carbocycles. The third-order valence-corrected chi connectivity index (χ3v) is 4.68. The lowest BCUT2D eigenvalue weighted by Crippen LogP contribution is -2.46. The van der Waals surface area contributed by atoms with E-state index in [1.165, 1.54) is 11.1 Å². The summed E-state index contributed by atoms with van der Waals surface area (Å²) in [6.45, 7) is 0. The first-order valence-electron chi connectivity index (χ1n) is 8.02. The van der Waals surface area contributed by atoms with Crippen LogP contribution in [0.4, 0.5) is 0 Å². The summed E-state index contributed by atoms with van der Waals surface area (Å²) >= 11 is 0. The Morgan fingerprint density at radius 2 is 1.78 bits per heavy atom. The monoisotopic (exact) mass is 308 g/mol. The van der Waals surface area contributed by atoms with Gasteiger partial charge in [-0.05, 0) is 29.5 Å². The Morgan fingerprint density at radius 1 is 1.00 bits per heavy atom. The van der Waals surface area contributed by atoms with Crippen molar-refractivity contribution in [3.8, 4) is 0 Å². The lowest BCUT2D eigenvalue weighted by Gasteiger charge is -2.21. The van der Waals surface area contributed by atoms with E-state index in [9.17, 15) is 4.79 Å². The predicted octanol–water partition coefficient (Wildman–Crippen LogP) is 1.51. The lowest BCUT2D eigenvalue weighted by molar-refractivity contribution is -0.124. The van der Waals surface area contributed by atoms with Crippen LogP contribution in [-0.4, -0.2) is 11.9 Å². The molecule has 5 nitrogen and oxygen atoms in total. The van der Waals surface area contributed by atoms with Gasteiger partial charge >= 0.3 is 0 Å². The zero-order valence-corrected chi connectivity index (χ0v) is 12.8. The molecule has 1 fully saturated rings. The standard InChI is InChI=1S/C18H20N4O/c23-18(19-15-11-10-12-6-4-5-9-14(12)15)17-16(20-22-21-17)13-7-2-1-3-8-13/h1-9,15-17,20-22H,10-11H2,(H,19,23). The van der Waals surface area contributed by atoms with E-state index in [0.29, 0.717) is 0 Å². The molecule has 0 spiro atoms. The maximum atomic E-state index is 12.7. The topological polar surface area (TPSA) is 65.2 Å². The third kappa shape index (κ3) is 2.74. The number of carbonyl (C=O) groups excluding carboxylic acids is 1. The number of nitrogens with one attached hydrogen (secondary N) is 4. The molecular weight excluding hydrogens is 288 g/mol. The maximum Gasteiger partial charge on any atom is 0.241 e. The normalized spacial score (nSPS) is 26.0. The summed E-state index contributed by atoms with van der Waals surface area (Å²) < 4.78 is 0. The summed E-state index contributed by atoms with van der Waals surface area (Å²) in [5.41, 5.74) is 12.7. The van der Waals surface area contributed by atoms with Gasteiger partial charge in [0.05, 0.1) is 12.1 Å². The SMILES string of the molecule is O=C(NC1CCc2ccccc21)C1NNNC1c1ccccc1. The summed E-state index contributed by atoms with van der Waals surface area (Å²) in [6, 6.07) is 18.0. The van der Waals surface area contributed by atoms with Crippen LogP contribution < -0.4 is 21.7 Å². The molecule has 5 heteroatoms. The molecule has 4 rings (SSSR count). The van der Waals surface area contributed by atoms with Crippen LogP contribution in [0.3, 0.4) is 0 Å². The van der Waals surface area contributed by atoms with E-state index in [0.717, 1.165) is 18.4 Å². The maximum absolute atomic E-state index is 12.7. The van der Waals surface area contributed by atoms with Gasteiger partial charge in [-0.25, -0.2) is 10.9 Å². The van der Waals surface area contributed by atoms with Crippen LogP contribution in [0.5, 0.6) is 0 Å². The molecule has 0 saturated carbocycles. The van der Waals surface area contributed by atoms with Crippen LogP contribution in [0, 0.1) is 0 Å². The van der Waals surface area contributed by atoms with Gasteiger partial charge in [0, 0.05) is 0 Å². The number of amides is 1. The molecule has 3 unspecified atom stereocenters. The fraction of sp³-hybridized carbons (Fsp3) is 0.278. The van der Waals surface area contributed by atoms with Crippen LogP contribution in [0.25, 0.3) is 0 Å². The van der Waals surface area contributed by atoms with Crippen molar-refractivity contribution < 1.29 is 4.79 Å². The molecular formula is C18H20N4O. The second-order valence-corrected chi connectivity index (χ2v) is 6.08. The molecule has 1 amide bonds. The second kappa shape index (κ2) is 6.12. The zero-order chi connectivity index (χ0) is 15.6. The van der Waals surface area contributed by atoms with E-state index in [1.807, 2.05) is 36.4 Å². The number of hydrazine groups is 2. The van der Waals surface area contributed by atoms with Crippen LogP contribution in [0.15, 0.2) is 54.6 Å². The quantitative estimate of drug-likeness (QED) is 0.694. The highest BCUT2D eigenvalue weighted by Gasteiger charge is 2.35. The fourth-order valence-corrected chi connectivity index (χ4v) is 3.49. The lowest BCUT2D eigenvalue weighted by atomic mass is 9.99. The molecule has 23 heavy (non-hydrogen) atoms. The largest absolute Gasteiger partial charge is 0.348 e. The minimum Gasteiger partial charge on any atom is -0.348 e. The Bertz CT molecular complexity index is 703. The third-order valence-electron chi connectivity index (χ3n) is 4.68. The van der Waals surface area contributed by atoms with Crippen molar-refractivity contribution in [1.82, 2.24) is 21.7 Å². The summed E-state index contributed by atoms with van der Waals surface area (Å²) in [6.07, 6.45) is 1.99. The Kier molecular flexibility index (Phi) is 3.83. The molecule has 2 aromatic rings. The number of benzene rings is 2. The van der Waals surface area contributed by atoms with Gasteiger partial charge < -0.3 is 5.32 Å². The van der Waals surface area contributed by atoms with Crippen molar-refractivity contribution in [2.75, 3.05) is 0 Å². The van der Waals surface area contributed by atoms with Crippen molar-refractivity contribution >= 4 is 5.91 Å². The highest BCUT2D eigenvalue weighted by Crippen LogP contribution is 2.31. The van der Waals surface area contributed by atoms with Gasteiger partial charge in [-0.15, -0.1) is 0 Å². The highest BCUT2D eigenvalue weighted by molar-refractivity contribution is 5.83. The Labute approximate surface area is 135 Å². The van der Waals surface area contributed by atoms with Crippen LogP contribution >= 0.6 is 0 Å². The predicted molar refractivity (Wildman–Crippen MR) is 88.0 cm³/mol. The summed E-state index contributed by atoms with van der Waals surface area (Å²) in [5, 5.41) is 3.20. The van der Waals surface area contributed by atoms with Gasteiger partial charge in [0.25, 0.3) is 0 Å². The van der Waals surface area contributed by atoms with Gasteiger partial charge in [-0.2, -0.15) is 5.53 Å². The van der Waals surface area contributed by atoms with E-state index >= 15 is 0 Å². The van der Waals surface area contributed by atoms with Crippen molar-refractivity contribution in [2.24, 2.45) is 0 Å².